The van der Waals surface area contributed by atoms with Crippen LogP contribution in [-0.4, -0.2) is 21.7 Å². The van der Waals surface area contributed by atoms with Crippen molar-refractivity contribution in [1.29, 1.82) is 0 Å². The van der Waals surface area contributed by atoms with Gasteiger partial charge in [-0.05, 0) is 12.1 Å². The Labute approximate surface area is 126 Å². The molecule has 0 unspecified atom stereocenters. The molecule has 3 aromatic rings. The summed E-state index contributed by atoms with van der Waals surface area (Å²) >= 11 is 0. The number of benzene rings is 1. The molecule has 0 amide bonds. The summed E-state index contributed by atoms with van der Waals surface area (Å²) in [5.41, 5.74) is -1.08. The number of methoxy groups -OCH3 is 1. The number of nitrogens with zero attached hydrogens (tertiary/aromatic N) is 3. The van der Waals surface area contributed by atoms with Crippen LogP contribution in [-0.2, 0) is 6.18 Å². The summed E-state index contributed by atoms with van der Waals surface area (Å²) < 4.78 is 71.8. The van der Waals surface area contributed by atoms with Gasteiger partial charge in [-0.2, -0.15) is 18.3 Å². The van der Waals surface area contributed by atoms with E-state index in [1.165, 1.54) is 7.11 Å². The summed E-state index contributed by atoms with van der Waals surface area (Å²) in [5.74, 6) is -2.50. The first-order chi connectivity index (χ1) is 10.8. The topological polar surface area (TPSA) is 39.4 Å². The Kier molecular flexibility index (Phi) is 3.42. The zero-order valence-corrected chi connectivity index (χ0v) is 11.5. The second kappa shape index (κ2) is 5.18. The molecule has 0 atom stereocenters. The van der Waals surface area contributed by atoms with E-state index >= 15 is 0 Å². The Hall–Kier alpha value is -2.71. The smallest absolute Gasteiger partial charge is 0.417 e. The predicted octanol–water partition coefficient (Wildman–Crippen LogP) is 3.70. The Balaban J connectivity index is 2.36. The molecule has 9 heteroatoms. The van der Waals surface area contributed by atoms with Crippen molar-refractivity contribution in [3.8, 4) is 16.9 Å². The SMILES string of the molecule is COc1cc(F)c(F)cc1-c1cc(C(F)(F)F)cn2ncnc12. The molecule has 4 nitrogen and oxygen atoms in total. The van der Waals surface area contributed by atoms with Gasteiger partial charge < -0.3 is 4.74 Å². The molecular weight excluding hydrogens is 321 g/mol. The lowest BCUT2D eigenvalue weighted by atomic mass is 10.0. The molecule has 0 N–H and O–H groups in total. The highest BCUT2D eigenvalue weighted by Crippen LogP contribution is 2.38. The minimum absolute atomic E-state index is 0.0577. The molecule has 0 bridgehead atoms. The fraction of sp³-hybridized carbons (Fsp3) is 0.143. The van der Waals surface area contributed by atoms with Crippen LogP contribution in [0.1, 0.15) is 5.56 Å². The van der Waals surface area contributed by atoms with Crippen molar-refractivity contribution >= 4 is 5.65 Å². The van der Waals surface area contributed by atoms with Crippen molar-refractivity contribution in [1.82, 2.24) is 14.6 Å². The first-order valence-corrected chi connectivity index (χ1v) is 6.25. The molecular formula is C14H8F5N3O. The highest BCUT2D eigenvalue weighted by molar-refractivity contribution is 5.82. The number of fused-ring (bicyclic) bond motifs is 1. The lowest BCUT2D eigenvalue weighted by molar-refractivity contribution is -0.137. The molecule has 0 radical (unpaired) electrons. The number of hydrogen-bond acceptors (Lipinski definition) is 3. The van der Waals surface area contributed by atoms with E-state index in [9.17, 15) is 22.0 Å². The minimum Gasteiger partial charge on any atom is -0.496 e. The van der Waals surface area contributed by atoms with Crippen LogP contribution < -0.4 is 4.74 Å². The van der Waals surface area contributed by atoms with Crippen LogP contribution in [0.4, 0.5) is 22.0 Å². The number of rotatable bonds is 2. The summed E-state index contributed by atoms with van der Waals surface area (Å²) in [5, 5.41) is 3.67. The maximum Gasteiger partial charge on any atom is 0.417 e. The van der Waals surface area contributed by atoms with Gasteiger partial charge in [-0.3, -0.25) is 0 Å². The lowest BCUT2D eigenvalue weighted by Gasteiger charge is -2.13. The van der Waals surface area contributed by atoms with Gasteiger partial charge in [-0.1, -0.05) is 0 Å². The Morgan fingerprint density at radius 1 is 1.04 bits per heavy atom. The third-order valence-corrected chi connectivity index (χ3v) is 3.24. The van der Waals surface area contributed by atoms with Crippen molar-refractivity contribution < 1.29 is 26.7 Å². The summed E-state index contributed by atoms with van der Waals surface area (Å²) in [4.78, 5) is 3.86. The lowest BCUT2D eigenvalue weighted by Crippen LogP contribution is -2.08. The maximum atomic E-state index is 13.5. The largest absolute Gasteiger partial charge is 0.496 e. The molecule has 0 saturated heterocycles. The summed E-state index contributed by atoms with van der Waals surface area (Å²) in [6.45, 7) is 0. The molecule has 0 fully saturated rings. The first kappa shape index (κ1) is 15.2. The molecule has 0 spiro atoms. The predicted molar refractivity (Wildman–Crippen MR) is 69.9 cm³/mol. The average Bonchev–Trinajstić information content (AvgIpc) is 2.96. The summed E-state index contributed by atoms with van der Waals surface area (Å²) in [6, 6.07) is 2.31. The van der Waals surface area contributed by atoms with E-state index in [0.29, 0.717) is 0 Å². The van der Waals surface area contributed by atoms with Crippen LogP contribution in [0.3, 0.4) is 0 Å². The fourth-order valence-electron chi connectivity index (χ4n) is 2.19. The van der Waals surface area contributed by atoms with Gasteiger partial charge in [0.1, 0.15) is 12.1 Å². The van der Waals surface area contributed by atoms with E-state index < -0.39 is 23.4 Å². The van der Waals surface area contributed by atoms with Gasteiger partial charge in [0.25, 0.3) is 0 Å². The quantitative estimate of drug-likeness (QED) is 0.673. The van der Waals surface area contributed by atoms with Gasteiger partial charge in [-0.25, -0.2) is 18.3 Å². The van der Waals surface area contributed by atoms with Crippen LogP contribution in [0.25, 0.3) is 16.8 Å². The third kappa shape index (κ3) is 2.58. The van der Waals surface area contributed by atoms with Crippen molar-refractivity contribution in [3.63, 3.8) is 0 Å². The molecule has 0 saturated carbocycles. The normalized spacial score (nSPS) is 11.9. The summed E-state index contributed by atoms with van der Waals surface area (Å²) in [6.07, 6.45) is -2.82. The molecule has 120 valence electrons. The fourth-order valence-corrected chi connectivity index (χ4v) is 2.19. The highest BCUT2D eigenvalue weighted by Gasteiger charge is 2.32. The third-order valence-electron chi connectivity index (χ3n) is 3.24. The van der Waals surface area contributed by atoms with Crippen LogP contribution in [0.2, 0.25) is 0 Å². The van der Waals surface area contributed by atoms with Gasteiger partial charge in [0, 0.05) is 23.4 Å². The van der Waals surface area contributed by atoms with Crippen molar-refractivity contribution in [2.75, 3.05) is 7.11 Å². The van der Waals surface area contributed by atoms with Gasteiger partial charge >= 0.3 is 6.18 Å². The highest BCUT2D eigenvalue weighted by atomic mass is 19.4. The first-order valence-electron chi connectivity index (χ1n) is 6.25. The van der Waals surface area contributed by atoms with Crippen LogP contribution in [0.15, 0.2) is 30.7 Å². The second-order valence-electron chi connectivity index (χ2n) is 4.64. The molecule has 1 aromatic carbocycles. The van der Waals surface area contributed by atoms with Gasteiger partial charge in [0.15, 0.2) is 17.3 Å². The maximum absolute atomic E-state index is 13.5. The Morgan fingerprint density at radius 3 is 2.39 bits per heavy atom. The molecule has 2 heterocycles. The van der Waals surface area contributed by atoms with E-state index in [-0.39, 0.29) is 22.5 Å². The monoisotopic (exact) mass is 329 g/mol. The zero-order chi connectivity index (χ0) is 16.8. The van der Waals surface area contributed by atoms with Crippen molar-refractivity contribution in [3.05, 3.63) is 47.9 Å². The molecule has 2 aromatic heterocycles. The van der Waals surface area contributed by atoms with Crippen molar-refractivity contribution in [2.45, 2.75) is 6.18 Å². The number of hydrogen-bond donors (Lipinski definition) is 0. The number of aromatic nitrogens is 3. The molecule has 23 heavy (non-hydrogen) atoms. The standard InChI is InChI=1S/C14H8F5N3O/c1-23-12-4-11(16)10(15)3-8(12)9-2-7(14(17,18)19)5-22-13(9)20-6-21-22/h2-6H,1H3. The van der Waals surface area contributed by atoms with Gasteiger partial charge in [0.2, 0.25) is 0 Å². The van der Waals surface area contributed by atoms with Crippen LogP contribution in [0, 0.1) is 11.6 Å². The number of alkyl halides is 3. The van der Waals surface area contributed by atoms with E-state index in [1.54, 1.807) is 0 Å². The minimum atomic E-state index is -4.64. The average molecular weight is 329 g/mol. The van der Waals surface area contributed by atoms with Crippen molar-refractivity contribution in [2.24, 2.45) is 0 Å². The molecule has 0 aliphatic carbocycles. The molecule has 0 aliphatic heterocycles. The van der Waals surface area contributed by atoms with E-state index in [2.05, 4.69) is 10.1 Å². The van der Waals surface area contributed by atoms with Crippen LogP contribution >= 0.6 is 0 Å². The van der Waals surface area contributed by atoms with Crippen LogP contribution in [0.5, 0.6) is 5.75 Å². The molecule has 0 aliphatic rings. The number of ether oxygens (including phenoxy) is 1. The van der Waals surface area contributed by atoms with E-state index in [1.807, 2.05) is 0 Å². The van der Waals surface area contributed by atoms with Gasteiger partial charge in [-0.15, -0.1) is 0 Å². The number of halogens is 5. The molecule has 3 rings (SSSR count). The summed E-state index contributed by atoms with van der Waals surface area (Å²) in [7, 11) is 1.20. The Morgan fingerprint density at radius 2 is 1.74 bits per heavy atom. The number of pyridine rings is 1. The van der Waals surface area contributed by atoms with E-state index in [0.717, 1.165) is 35.2 Å². The van der Waals surface area contributed by atoms with E-state index in [4.69, 9.17) is 4.74 Å². The second-order valence-corrected chi connectivity index (χ2v) is 4.64. The Bertz CT molecular complexity index is 888. The van der Waals surface area contributed by atoms with Gasteiger partial charge in [0.05, 0.1) is 12.7 Å². The zero-order valence-electron chi connectivity index (χ0n) is 11.5.